The summed E-state index contributed by atoms with van der Waals surface area (Å²) in [4.78, 5) is 4.17. The van der Waals surface area contributed by atoms with Gasteiger partial charge in [-0.2, -0.15) is 5.10 Å². The molecule has 0 bridgehead atoms. The molecule has 0 amide bonds. The zero-order chi connectivity index (χ0) is 17.5. The number of aromatic amines is 1. The van der Waals surface area contributed by atoms with Crippen LogP contribution in [0.25, 0.3) is 11.3 Å². The van der Waals surface area contributed by atoms with E-state index >= 15 is 0 Å². The molecular weight excluding hydrogens is 312 g/mol. The second kappa shape index (κ2) is 8.55. The van der Waals surface area contributed by atoms with Crippen LogP contribution in [0.3, 0.4) is 0 Å². The Balaban J connectivity index is 1.64. The van der Waals surface area contributed by atoms with Gasteiger partial charge in [-0.05, 0) is 37.0 Å². The topological polar surface area (TPSA) is 73.8 Å². The van der Waals surface area contributed by atoms with Crippen molar-refractivity contribution in [2.24, 2.45) is 0 Å². The number of aromatic nitrogens is 3. The van der Waals surface area contributed by atoms with Gasteiger partial charge in [0, 0.05) is 36.6 Å². The van der Waals surface area contributed by atoms with Crippen LogP contribution in [-0.2, 0) is 6.54 Å². The maximum absolute atomic E-state index is 9.81. The minimum atomic E-state index is -0.327. The van der Waals surface area contributed by atoms with Gasteiger partial charge >= 0.3 is 0 Å². The highest BCUT2D eigenvalue weighted by Gasteiger charge is 2.14. The van der Waals surface area contributed by atoms with E-state index in [1.165, 1.54) is 5.56 Å². The van der Waals surface area contributed by atoms with Gasteiger partial charge in [-0.1, -0.05) is 30.3 Å². The largest absolute Gasteiger partial charge is 0.393 e. The third-order valence-corrected chi connectivity index (χ3v) is 4.27. The first-order chi connectivity index (χ1) is 12.2. The van der Waals surface area contributed by atoms with Gasteiger partial charge in [0.1, 0.15) is 0 Å². The number of rotatable bonds is 8. The number of H-pyrrole nitrogens is 1. The summed E-state index contributed by atoms with van der Waals surface area (Å²) in [5.74, 6) is 0.273. The van der Waals surface area contributed by atoms with Crippen LogP contribution in [-0.4, -0.2) is 32.9 Å². The molecule has 130 valence electrons. The third-order valence-electron chi connectivity index (χ3n) is 4.27. The minimum Gasteiger partial charge on any atom is -0.393 e. The van der Waals surface area contributed by atoms with E-state index in [-0.39, 0.29) is 12.0 Å². The van der Waals surface area contributed by atoms with Gasteiger partial charge in [-0.15, -0.1) is 0 Å². The van der Waals surface area contributed by atoms with Gasteiger partial charge in [-0.25, -0.2) is 0 Å². The summed E-state index contributed by atoms with van der Waals surface area (Å²) < 4.78 is 0. The van der Waals surface area contributed by atoms with Crippen molar-refractivity contribution in [2.75, 3.05) is 6.54 Å². The van der Waals surface area contributed by atoms with Crippen molar-refractivity contribution in [1.82, 2.24) is 20.5 Å². The Hall–Kier alpha value is -2.50. The molecule has 3 N–H and O–H groups in total. The van der Waals surface area contributed by atoms with Gasteiger partial charge in [0.25, 0.3) is 0 Å². The predicted molar refractivity (Wildman–Crippen MR) is 99.0 cm³/mol. The van der Waals surface area contributed by atoms with Gasteiger partial charge in [0.05, 0.1) is 18.0 Å². The first-order valence-corrected chi connectivity index (χ1v) is 8.60. The molecule has 0 aliphatic carbocycles. The molecule has 0 saturated heterocycles. The summed E-state index contributed by atoms with van der Waals surface area (Å²) in [5.41, 5.74) is 4.38. The van der Waals surface area contributed by atoms with Crippen LogP contribution in [0, 0.1) is 0 Å². The Kier molecular flexibility index (Phi) is 5.93. The summed E-state index contributed by atoms with van der Waals surface area (Å²) in [6.07, 6.45) is 5.85. The Morgan fingerprint density at radius 2 is 1.96 bits per heavy atom. The Morgan fingerprint density at radius 3 is 2.68 bits per heavy atom. The predicted octanol–water partition coefficient (Wildman–Crippen LogP) is 3.12. The molecule has 2 aromatic heterocycles. The van der Waals surface area contributed by atoms with Gasteiger partial charge in [-0.3, -0.25) is 10.1 Å². The average molecular weight is 336 g/mol. The number of hydrogen-bond donors (Lipinski definition) is 3. The summed E-state index contributed by atoms with van der Waals surface area (Å²) in [6, 6.07) is 14.3. The lowest BCUT2D eigenvalue weighted by atomic mass is 9.93. The van der Waals surface area contributed by atoms with Crippen LogP contribution >= 0.6 is 0 Å². The molecule has 2 heterocycles. The van der Waals surface area contributed by atoms with E-state index in [2.05, 4.69) is 32.6 Å². The minimum absolute atomic E-state index is 0.273. The van der Waals surface area contributed by atoms with Crippen LogP contribution in [0.2, 0.25) is 0 Å². The van der Waals surface area contributed by atoms with Gasteiger partial charge < -0.3 is 10.4 Å². The molecule has 3 aromatic rings. The van der Waals surface area contributed by atoms with Crippen molar-refractivity contribution >= 4 is 0 Å². The van der Waals surface area contributed by atoms with E-state index in [1.807, 2.05) is 49.6 Å². The zero-order valence-electron chi connectivity index (χ0n) is 14.4. The Bertz CT molecular complexity index is 756. The maximum Gasteiger partial charge on any atom is 0.0710 e. The molecule has 0 spiro atoms. The summed E-state index contributed by atoms with van der Waals surface area (Å²) in [7, 11) is 0. The van der Waals surface area contributed by atoms with Gasteiger partial charge in [0.2, 0.25) is 0 Å². The highest BCUT2D eigenvalue weighted by molar-refractivity contribution is 5.61. The first-order valence-electron chi connectivity index (χ1n) is 8.60. The van der Waals surface area contributed by atoms with Crippen molar-refractivity contribution in [3.05, 3.63) is 72.2 Å². The van der Waals surface area contributed by atoms with Crippen LogP contribution in [0.4, 0.5) is 0 Å². The quantitative estimate of drug-likeness (QED) is 0.591. The number of aliphatic hydroxyl groups is 1. The molecule has 0 saturated carbocycles. The van der Waals surface area contributed by atoms with E-state index in [4.69, 9.17) is 0 Å². The fourth-order valence-electron chi connectivity index (χ4n) is 3.06. The SMILES string of the molecule is CC(O)CC(CNCc1cn[nH]c1-c1cccnc1)c1ccccc1. The lowest BCUT2D eigenvalue weighted by Gasteiger charge is -2.19. The molecule has 0 aliphatic rings. The normalized spacial score (nSPS) is 13.5. The molecule has 25 heavy (non-hydrogen) atoms. The maximum atomic E-state index is 9.81. The van der Waals surface area contributed by atoms with Crippen molar-refractivity contribution in [1.29, 1.82) is 0 Å². The molecule has 1 aromatic carbocycles. The number of benzene rings is 1. The monoisotopic (exact) mass is 336 g/mol. The van der Waals surface area contributed by atoms with Crippen molar-refractivity contribution < 1.29 is 5.11 Å². The van der Waals surface area contributed by atoms with Crippen molar-refractivity contribution in [3.8, 4) is 11.3 Å². The Morgan fingerprint density at radius 1 is 1.12 bits per heavy atom. The highest BCUT2D eigenvalue weighted by Crippen LogP contribution is 2.22. The van der Waals surface area contributed by atoms with E-state index < -0.39 is 0 Å². The lowest BCUT2D eigenvalue weighted by Crippen LogP contribution is -2.23. The lowest BCUT2D eigenvalue weighted by molar-refractivity contribution is 0.173. The molecular formula is C20H24N4O. The number of hydrogen-bond acceptors (Lipinski definition) is 4. The highest BCUT2D eigenvalue weighted by atomic mass is 16.3. The van der Waals surface area contributed by atoms with Crippen molar-refractivity contribution in [2.45, 2.75) is 31.9 Å². The first kappa shape index (κ1) is 17.3. The number of pyridine rings is 1. The number of aliphatic hydroxyl groups excluding tert-OH is 1. The standard InChI is InChI=1S/C20H24N4O/c1-15(25)10-18(16-6-3-2-4-7-16)12-22-13-19-14-23-24-20(19)17-8-5-9-21-11-17/h2-9,11,14-15,18,22,25H,10,12-13H2,1H3,(H,23,24). The van der Waals surface area contributed by atoms with E-state index in [9.17, 15) is 5.11 Å². The Labute approximate surface area is 148 Å². The number of nitrogens with one attached hydrogen (secondary N) is 2. The molecule has 0 radical (unpaired) electrons. The van der Waals surface area contributed by atoms with Gasteiger partial charge in [0.15, 0.2) is 0 Å². The van der Waals surface area contributed by atoms with Crippen LogP contribution < -0.4 is 5.32 Å². The zero-order valence-corrected chi connectivity index (χ0v) is 14.4. The molecule has 5 nitrogen and oxygen atoms in total. The fraction of sp³-hybridized carbons (Fsp3) is 0.300. The second-order valence-corrected chi connectivity index (χ2v) is 6.34. The molecule has 2 atom stereocenters. The van der Waals surface area contributed by atoms with Crippen LogP contribution in [0.15, 0.2) is 61.1 Å². The van der Waals surface area contributed by atoms with Crippen LogP contribution in [0.1, 0.15) is 30.4 Å². The molecule has 2 unspecified atom stereocenters. The smallest absolute Gasteiger partial charge is 0.0710 e. The van der Waals surface area contributed by atoms with Crippen LogP contribution in [0.5, 0.6) is 0 Å². The summed E-state index contributed by atoms with van der Waals surface area (Å²) in [6.45, 7) is 3.35. The molecule has 3 rings (SSSR count). The second-order valence-electron chi connectivity index (χ2n) is 6.34. The van der Waals surface area contributed by atoms with E-state index in [0.29, 0.717) is 6.54 Å². The summed E-state index contributed by atoms with van der Waals surface area (Å²) in [5, 5.41) is 20.5. The fourth-order valence-corrected chi connectivity index (χ4v) is 3.06. The van der Waals surface area contributed by atoms with Crippen molar-refractivity contribution in [3.63, 3.8) is 0 Å². The van der Waals surface area contributed by atoms with E-state index in [1.54, 1.807) is 6.20 Å². The third kappa shape index (κ3) is 4.75. The molecule has 0 fully saturated rings. The molecule has 0 aliphatic heterocycles. The summed E-state index contributed by atoms with van der Waals surface area (Å²) >= 11 is 0. The molecule has 5 heteroatoms. The number of nitrogens with zero attached hydrogens (tertiary/aromatic N) is 2. The van der Waals surface area contributed by atoms with E-state index in [0.717, 1.165) is 29.8 Å². The average Bonchev–Trinajstić information content (AvgIpc) is 3.10.